The Morgan fingerprint density at radius 1 is 1.44 bits per heavy atom. The van der Waals surface area contributed by atoms with Crippen molar-refractivity contribution in [2.75, 3.05) is 7.11 Å². The summed E-state index contributed by atoms with van der Waals surface area (Å²) in [6, 6.07) is -1.49. The SMILES string of the molecule is COC(=O)CCC(=O)F. The fourth-order valence-corrected chi connectivity index (χ4v) is 0.302. The summed E-state index contributed by atoms with van der Waals surface area (Å²) in [6.45, 7) is 0. The molecule has 0 radical (unpaired) electrons. The molecule has 3 nitrogen and oxygen atoms in total. The van der Waals surface area contributed by atoms with Crippen LogP contribution in [-0.2, 0) is 14.3 Å². The zero-order valence-electron chi connectivity index (χ0n) is 5.02. The Morgan fingerprint density at radius 2 is 2.00 bits per heavy atom. The van der Waals surface area contributed by atoms with Crippen LogP contribution in [0.5, 0.6) is 0 Å². The van der Waals surface area contributed by atoms with E-state index in [-0.39, 0.29) is 12.8 Å². The molecule has 0 fully saturated rings. The van der Waals surface area contributed by atoms with Crippen molar-refractivity contribution in [2.45, 2.75) is 12.8 Å². The molecule has 0 atom stereocenters. The predicted octanol–water partition coefficient (Wildman–Crippen LogP) is 0.436. The summed E-state index contributed by atoms with van der Waals surface area (Å²) in [4.78, 5) is 19.8. The number of methoxy groups -OCH3 is 1. The predicted molar refractivity (Wildman–Crippen MR) is 27.4 cm³/mol. The highest BCUT2D eigenvalue weighted by Gasteiger charge is 2.03. The molecule has 0 amide bonds. The first-order valence-electron chi connectivity index (χ1n) is 2.42. The minimum absolute atomic E-state index is 0.175. The highest BCUT2D eigenvalue weighted by atomic mass is 19.1. The molecule has 0 aromatic rings. The van der Waals surface area contributed by atoms with Crippen LogP contribution in [0.15, 0.2) is 0 Å². The average molecular weight is 134 g/mol. The van der Waals surface area contributed by atoms with Crippen molar-refractivity contribution in [3.63, 3.8) is 0 Å². The van der Waals surface area contributed by atoms with Gasteiger partial charge in [0.15, 0.2) is 0 Å². The molecule has 0 aliphatic rings. The standard InChI is InChI=1S/C5H7FO3/c1-9-5(8)3-2-4(6)7/h2-3H2,1H3. The van der Waals surface area contributed by atoms with E-state index in [9.17, 15) is 14.0 Å². The second kappa shape index (κ2) is 4.00. The van der Waals surface area contributed by atoms with E-state index in [1.807, 2.05) is 0 Å². The van der Waals surface area contributed by atoms with Crippen LogP contribution in [0.1, 0.15) is 12.8 Å². The third-order valence-corrected chi connectivity index (χ3v) is 0.753. The van der Waals surface area contributed by atoms with Crippen LogP contribution < -0.4 is 0 Å². The molecular weight excluding hydrogens is 127 g/mol. The van der Waals surface area contributed by atoms with Crippen LogP contribution in [0.4, 0.5) is 4.39 Å². The summed E-state index contributed by atoms with van der Waals surface area (Å²) in [5.41, 5.74) is 0. The number of rotatable bonds is 3. The van der Waals surface area contributed by atoms with E-state index >= 15 is 0 Å². The third-order valence-electron chi connectivity index (χ3n) is 0.753. The minimum atomic E-state index is -1.49. The highest BCUT2D eigenvalue weighted by Crippen LogP contribution is 1.92. The van der Waals surface area contributed by atoms with E-state index < -0.39 is 12.0 Å². The molecule has 0 rings (SSSR count). The van der Waals surface area contributed by atoms with Gasteiger partial charge in [-0.25, -0.2) is 0 Å². The fraction of sp³-hybridized carbons (Fsp3) is 0.600. The Hall–Kier alpha value is -0.930. The van der Waals surface area contributed by atoms with Crippen LogP contribution in [0.2, 0.25) is 0 Å². The van der Waals surface area contributed by atoms with Crippen molar-refractivity contribution in [1.29, 1.82) is 0 Å². The molecule has 52 valence electrons. The largest absolute Gasteiger partial charge is 0.469 e. The smallest absolute Gasteiger partial charge is 0.306 e. The van der Waals surface area contributed by atoms with Crippen LogP contribution in [0.3, 0.4) is 0 Å². The maximum absolute atomic E-state index is 11.4. The second-order valence-corrected chi connectivity index (χ2v) is 1.43. The zero-order chi connectivity index (χ0) is 7.28. The van der Waals surface area contributed by atoms with Gasteiger partial charge < -0.3 is 4.74 Å². The molecule has 0 saturated heterocycles. The van der Waals surface area contributed by atoms with Crippen LogP contribution in [0, 0.1) is 0 Å². The number of ether oxygens (including phenoxy) is 1. The van der Waals surface area contributed by atoms with Gasteiger partial charge in [0.2, 0.25) is 0 Å². The first kappa shape index (κ1) is 8.07. The highest BCUT2D eigenvalue weighted by molar-refractivity contribution is 5.76. The van der Waals surface area contributed by atoms with E-state index in [4.69, 9.17) is 0 Å². The van der Waals surface area contributed by atoms with Gasteiger partial charge in [0, 0.05) is 6.42 Å². The number of carbonyl (C=O) groups excluding carboxylic acids is 2. The molecule has 9 heavy (non-hydrogen) atoms. The van der Waals surface area contributed by atoms with E-state index in [1.165, 1.54) is 7.11 Å². The van der Waals surface area contributed by atoms with Crippen molar-refractivity contribution < 1.29 is 18.7 Å². The van der Waals surface area contributed by atoms with Gasteiger partial charge in [-0.2, -0.15) is 4.39 Å². The average Bonchev–Trinajstić information content (AvgIpc) is 1.83. The van der Waals surface area contributed by atoms with Gasteiger partial charge in [-0.3, -0.25) is 9.59 Å². The van der Waals surface area contributed by atoms with E-state index in [0.29, 0.717) is 0 Å². The van der Waals surface area contributed by atoms with Gasteiger partial charge in [0.1, 0.15) is 0 Å². The van der Waals surface area contributed by atoms with Gasteiger partial charge in [0.05, 0.1) is 13.5 Å². The van der Waals surface area contributed by atoms with Gasteiger partial charge in [0.25, 0.3) is 0 Å². The van der Waals surface area contributed by atoms with Gasteiger partial charge >= 0.3 is 12.0 Å². The van der Waals surface area contributed by atoms with Gasteiger partial charge in [-0.15, -0.1) is 0 Å². The first-order valence-corrected chi connectivity index (χ1v) is 2.42. The second-order valence-electron chi connectivity index (χ2n) is 1.43. The Balaban J connectivity index is 3.28. The van der Waals surface area contributed by atoms with Crippen LogP contribution in [0.25, 0.3) is 0 Å². The lowest BCUT2D eigenvalue weighted by Gasteiger charge is -1.92. The quantitative estimate of drug-likeness (QED) is 0.415. The Bertz CT molecular complexity index is 121. The Morgan fingerprint density at radius 3 is 2.33 bits per heavy atom. The van der Waals surface area contributed by atoms with E-state index in [2.05, 4.69) is 4.74 Å². The molecule has 0 saturated carbocycles. The summed E-state index contributed by atoms with van der Waals surface area (Å²) in [5, 5.41) is 0. The molecule has 0 unspecified atom stereocenters. The molecule has 4 heteroatoms. The first-order chi connectivity index (χ1) is 4.16. The van der Waals surface area contributed by atoms with E-state index in [0.717, 1.165) is 0 Å². The molecule has 0 aromatic carbocycles. The minimum Gasteiger partial charge on any atom is -0.469 e. The Labute approximate surface area is 51.8 Å². The summed E-state index contributed by atoms with van der Waals surface area (Å²) in [7, 11) is 1.19. The van der Waals surface area contributed by atoms with Crippen molar-refractivity contribution >= 4 is 12.0 Å². The summed E-state index contributed by atoms with van der Waals surface area (Å²) in [6.07, 6.45) is -0.557. The lowest BCUT2D eigenvalue weighted by molar-refractivity contribution is -0.143. The number of halogens is 1. The summed E-state index contributed by atoms with van der Waals surface area (Å²) < 4.78 is 15.5. The molecule has 0 aromatic heterocycles. The summed E-state index contributed by atoms with van der Waals surface area (Å²) >= 11 is 0. The lowest BCUT2D eigenvalue weighted by Crippen LogP contribution is -2.01. The van der Waals surface area contributed by atoms with Crippen molar-refractivity contribution in [1.82, 2.24) is 0 Å². The molecule has 0 bridgehead atoms. The maximum atomic E-state index is 11.4. The fourth-order valence-electron chi connectivity index (χ4n) is 0.302. The monoisotopic (exact) mass is 134 g/mol. The molecule has 0 spiro atoms. The molecule has 0 heterocycles. The van der Waals surface area contributed by atoms with Crippen molar-refractivity contribution in [3.8, 4) is 0 Å². The molecule has 0 aliphatic carbocycles. The number of hydrogen-bond acceptors (Lipinski definition) is 3. The van der Waals surface area contributed by atoms with Crippen LogP contribution in [-0.4, -0.2) is 19.1 Å². The molecule has 0 aliphatic heterocycles. The number of esters is 1. The van der Waals surface area contributed by atoms with Crippen molar-refractivity contribution in [2.24, 2.45) is 0 Å². The molecular formula is C5H7FO3. The summed E-state index contributed by atoms with van der Waals surface area (Å²) in [5.74, 6) is -0.569. The lowest BCUT2D eigenvalue weighted by atomic mass is 10.3. The van der Waals surface area contributed by atoms with Gasteiger partial charge in [-0.05, 0) is 0 Å². The zero-order valence-corrected chi connectivity index (χ0v) is 5.02. The normalized spacial score (nSPS) is 8.67. The van der Waals surface area contributed by atoms with E-state index in [1.54, 1.807) is 0 Å². The third kappa shape index (κ3) is 4.93. The number of carbonyl (C=O) groups is 2. The van der Waals surface area contributed by atoms with Crippen LogP contribution >= 0.6 is 0 Å². The van der Waals surface area contributed by atoms with Gasteiger partial charge in [-0.1, -0.05) is 0 Å². The molecule has 0 N–H and O–H groups in total. The van der Waals surface area contributed by atoms with Crippen molar-refractivity contribution in [3.05, 3.63) is 0 Å². The topological polar surface area (TPSA) is 43.4 Å². The maximum Gasteiger partial charge on any atom is 0.306 e. The Kier molecular flexibility index (Phi) is 3.59. The number of hydrogen-bond donors (Lipinski definition) is 0.